The quantitative estimate of drug-likeness (QED) is 0.887. The Hall–Kier alpha value is -0.940. The van der Waals surface area contributed by atoms with Crippen LogP contribution in [0.25, 0.3) is 0 Å². The lowest BCUT2D eigenvalue weighted by Gasteiger charge is -2.23. The second-order valence-electron chi connectivity index (χ2n) is 5.61. The number of aromatic nitrogens is 2. The molecule has 1 aromatic rings. The molecule has 0 amide bonds. The first-order valence-corrected chi connectivity index (χ1v) is 6.89. The molecule has 2 fully saturated rings. The molecule has 0 saturated heterocycles. The van der Waals surface area contributed by atoms with Crippen LogP contribution >= 0.6 is 0 Å². The first-order valence-electron chi connectivity index (χ1n) is 6.89. The van der Waals surface area contributed by atoms with Crippen LogP contribution in [0.5, 0.6) is 0 Å². The van der Waals surface area contributed by atoms with Gasteiger partial charge in [0, 0.05) is 19.1 Å². The molecule has 3 atom stereocenters. The summed E-state index contributed by atoms with van der Waals surface area (Å²) in [6.07, 6.45) is 6.76. The number of methoxy groups -OCH3 is 1. The number of hydrogen-bond donors (Lipinski definition) is 1. The normalized spacial score (nSPS) is 30.3. The fourth-order valence-corrected chi connectivity index (χ4v) is 2.89. The minimum absolute atomic E-state index is 0.0137. The highest BCUT2D eigenvalue weighted by molar-refractivity contribution is 5.02. The molecule has 0 radical (unpaired) electrons. The summed E-state index contributed by atoms with van der Waals surface area (Å²) in [5, 5.41) is 4.10. The third-order valence-electron chi connectivity index (χ3n) is 4.08. The summed E-state index contributed by atoms with van der Waals surface area (Å²) in [6, 6.07) is 0.278. The van der Waals surface area contributed by atoms with Crippen molar-refractivity contribution in [3.05, 3.63) is 11.7 Å². The third kappa shape index (κ3) is 2.42. The van der Waals surface area contributed by atoms with E-state index in [1.807, 2.05) is 0 Å². The zero-order valence-corrected chi connectivity index (χ0v) is 10.8. The van der Waals surface area contributed by atoms with Crippen LogP contribution in [0, 0.1) is 5.92 Å². The molecule has 3 rings (SSSR count). The summed E-state index contributed by atoms with van der Waals surface area (Å²) in [6.45, 7) is 0. The maximum Gasteiger partial charge on any atom is 0.229 e. The first-order chi connectivity index (χ1) is 8.78. The van der Waals surface area contributed by atoms with Crippen LogP contribution in [0.1, 0.15) is 62.3 Å². The van der Waals surface area contributed by atoms with E-state index in [2.05, 4.69) is 10.1 Å². The van der Waals surface area contributed by atoms with Crippen LogP contribution in [-0.2, 0) is 4.74 Å². The molecule has 0 aliphatic heterocycles. The lowest BCUT2D eigenvalue weighted by Crippen LogP contribution is -2.27. The monoisotopic (exact) mass is 251 g/mol. The standard InChI is InChI=1S/C13H21N3O2/c1-17-11(8-5-6-8)12-15-13(18-16-12)9-3-2-4-10(14)7-9/h8-11H,2-7,14H2,1H3. The Bertz CT molecular complexity index is 403. The summed E-state index contributed by atoms with van der Waals surface area (Å²) in [5.41, 5.74) is 6.00. The summed E-state index contributed by atoms with van der Waals surface area (Å²) in [5.74, 6) is 2.39. The second kappa shape index (κ2) is 4.97. The molecule has 2 aliphatic rings. The smallest absolute Gasteiger partial charge is 0.229 e. The number of nitrogens with two attached hydrogens (primary N) is 1. The number of ether oxygens (including phenoxy) is 1. The molecule has 5 nitrogen and oxygen atoms in total. The molecule has 1 aromatic heterocycles. The van der Waals surface area contributed by atoms with E-state index in [1.54, 1.807) is 7.11 Å². The maximum absolute atomic E-state index is 6.00. The molecule has 0 spiro atoms. The SMILES string of the molecule is COC(c1noc(C2CCCC(N)C2)n1)C1CC1. The van der Waals surface area contributed by atoms with Gasteiger partial charge < -0.3 is 15.0 Å². The zero-order chi connectivity index (χ0) is 12.5. The Morgan fingerprint density at radius 1 is 1.33 bits per heavy atom. The molecule has 2 N–H and O–H groups in total. The van der Waals surface area contributed by atoms with Crippen LogP contribution in [-0.4, -0.2) is 23.3 Å². The molecule has 3 unspecified atom stereocenters. The van der Waals surface area contributed by atoms with Crippen LogP contribution in [0.2, 0.25) is 0 Å². The van der Waals surface area contributed by atoms with Crippen molar-refractivity contribution in [2.75, 3.05) is 7.11 Å². The van der Waals surface area contributed by atoms with Gasteiger partial charge in [-0.1, -0.05) is 11.6 Å². The predicted molar refractivity (Wildman–Crippen MR) is 66.0 cm³/mol. The van der Waals surface area contributed by atoms with Gasteiger partial charge in [0.05, 0.1) is 0 Å². The average Bonchev–Trinajstić information content (AvgIpc) is 3.07. The molecular weight excluding hydrogens is 230 g/mol. The topological polar surface area (TPSA) is 74.2 Å². The third-order valence-corrected chi connectivity index (χ3v) is 4.08. The van der Waals surface area contributed by atoms with Gasteiger partial charge in [0.1, 0.15) is 6.10 Å². The molecule has 100 valence electrons. The van der Waals surface area contributed by atoms with Crippen molar-refractivity contribution in [1.29, 1.82) is 0 Å². The van der Waals surface area contributed by atoms with Crippen LogP contribution in [0.3, 0.4) is 0 Å². The van der Waals surface area contributed by atoms with Gasteiger partial charge >= 0.3 is 0 Å². The highest BCUT2D eigenvalue weighted by Gasteiger charge is 2.36. The Morgan fingerprint density at radius 3 is 2.83 bits per heavy atom. The summed E-state index contributed by atoms with van der Waals surface area (Å²) in [7, 11) is 1.72. The van der Waals surface area contributed by atoms with Crippen molar-refractivity contribution in [2.24, 2.45) is 11.7 Å². The van der Waals surface area contributed by atoms with Crippen molar-refractivity contribution < 1.29 is 9.26 Å². The van der Waals surface area contributed by atoms with Crippen LogP contribution in [0.15, 0.2) is 4.52 Å². The lowest BCUT2D eigenvalue weighted by molar-refractivity contribution is 0.0751. The van der Waals surface area contributed by atoms with E-state index < -0.39 is 0 Å². The predicted octanol–water partition coefficient (Wildman–Crippen LogP) is 2.15. The van der Waals surface area contributed by atoms with E-state index >= 15 is 0 Å². The van der Waals surface area contributed by atoms with Crippen molar-refractivity contribution in [2.45, 2.75) is 56.6 Å². The van der Waals surface area contributed by atoms with Gasteiger partial charge in [0.15, 0.2) is 0 Å². The Kier molecular flexibility index (Phi) is 3.35. The highest BCUT2D eigenvalue weighted by Crippen LogP contribution is 2.42. The van der Waals surface area contributed by atoms with E-state index in [1.165, 1.54) is 12.8 Å². The fourth-order valence-electron chi connectivity index (χ4n) is 2.89. The van der Waals surface area contributed by atoms with Crippen molar-refractivity contribution in [1.82, 2.24) is 10.1 Å². The molecule has 0 aromatic carbocycles. The molecule has 1 heterocycles. The van der Waals surface area contributed by atoms with Crippen LogP contribution < -0.4 is 5.73 Å². The van der Waals surface area contributed by atoms with E-state index in [4.69, 9.17) is 15.0 Å². The van der Waals surface area contributed by atoms with Gasteiger partial charge in [-0.2, -0.15) is 4.98 Å². The minimum atomic E-state index is 0.0137. The van der Waals surface area contributed by atoms with Crippen molar-refractivity contribution >= 4 is 0 Å². The summed E-state index contributed by atoms with van der Waals surface area (Å²) < 4.78 is 10.9. The van der Waals surface area contributed by atoms with Gasteiger partial charge in [-0.05, 0) is 38.0 Å². The van der Waals surface area contributed by atoms with E-state index in [0.717, 1.165) is 31.6 Å². The van der Waals surface area contributed by atoms with Gasteiger partial charge in [-0.25, -0.2) is 0 Å². The van der Waals surface area contributed by atoms with E-state index in [-0.39, 0.29) is 12.1 Å². The molecule has 0 bridgehead atoms. The molecule has 18 heavy (non-hydrogen) atoms. The number of rotatable bonds is 4. The Labute approximate surface area is 107 Å². The van der Waals surface area contributed by atoms with Gasteiger partial charge in [-0.3, -0.25) is 0 Å². The highest BCUT2D eigenvalue weighted by atomic mass is 16.5. The first kappa shape index (κ1) is 12.1. The lowest BCUT2D eigenvalue weighted by atomic mass is 9.86. The minimum Gasteiger partial charge on any atom is -0.373 e. The number of hydrogen-bond acceptors (Lipinski definition) is 5. The molecule has 5 heteroatoms. The van der Waals surface area contributed by atoms with Crippen molar-refractivity contribution in [3.8, 4) is 0 Å². The average molecular weight is 251 g/mol. The largest absolute Gasteiger partial charge is 0.373 e. The molecular formula is C13H21N3O2. The Morgan fingerprint density at radius 2 is 2.17 bits per heavy atom. The summed E-state index contributed by atoms with van der Waals surface area (Å²) in [4.78, 5) is 4.54. The van der Waals surface area contributed by atoms with Crippen LogP contribution in [0.4, 0.5) is 0 Å². The van der Waals surface area contributed by atoms with Gasteiger partial charge in [-0.15, -0.1) is 0 Å². The van der Waals surface area contributed by atoms with Gasteiger partial charge in [0.2, 0.25) is 11.7 Å². The number of nitrogens with zero attached hydrogens (tertiary/aromatic N) is 2. The van der Waals surface area contributed by atoms with E-state index in [0.29, 0.717) is 17.7 Å². The fraction of sp³-hybridized carbons (Fsp3) is 0.846. The van der Waals surface area contributed by atoms with Crippen molar-refractivity contribution in [3.63, 3.8) is 0 Å². The second-order valence-corrected chi connectivity index (χ2v) is 5.61. The van der Waals surface area contributed by atoms with E-state index in [9.17, 15) is 0 Å². The maximum atomic E-state index is 6.00. The zero-order valence-electron chi connectivity index (χ0n) is 10.8. The molecule has 2 saturated carbocycles. The summed E-state index contributed by atoms with van der Waals surface area (Å²) >= 11 is 0. The molecule has 2 aliphatic carbocycles. The Balaban J connectivity index is 1.71. The van der Waals surface area contributed by atoms with Gasteiger partial charge in [0.25, 0.3) is 0 Å².